The number of hydrogen-bond acceptors (Lipinski definition) is 2. The monoisotopic (exact) mass is 235 g/mol. The molecular weight excluding hydrogens is 222 g/mol. The van der Waals surface area contributed by atoms with Crippen molar-refractivity contribution in [2.24, 2.45) is 5.73 Å². The van der Waals surface area contributed by atoms with Gasteiger partial charge >= 0.3 is 0 Å². The second-order valence-electron chi connectivity index (χ2n) is 3.75. The number of thiocarbonyl (C=S) groups is 1. The maximum absolute atomic E-state index is 11.4. The molecular formula is C11H13N3OS. The molecule has 0 unspecified atom stereocenters. The van der Waals surface area contributed by atoms with Crippen molar-refractivity contribution in [3.05, 3.63) is 23.8 Å². The molecule has 84 valence electrons. The number of rotatable bonds is 1. The van der Waals surface area contributed by atoms with Crippen LogP contribution in [0.2, 0.25) is 0 Å². The Kier molecular flexibility index (Phi) is 2.78. The number of nitrogens with one attached hydrogen (secondary N) is 1. The van der Waals surface area contributed by atoms with Gasteiger partial charge in [0.05, 0.1) is 0 Å². The second kappa shape index (κ2) is 4.09. The maximum Gasteiger partial charge on any atom is 0.223 e. The minimum absolute atomic E-state index is 0.0613. The minimum atomic E-state index is 0.0613. The van der Waals surface area contributed by atoms with Gasteiger partial charge in [-0.1, -0.05) is 6.07 Å². The normalized spacial score (nSPS) is 13.4. The fourth-order valence-corrected chi connectivity index (χ4v) is 2.04. The van der Waals surface area contributed by atoms with Gasteiger partial charge in [0.2, 0.25) is 5.91 Å². The lowest BCUT2D eigenvalue weighted by atomic mass is 10.1. The third-order valence-electron chi connectivity index (χ3n) is 2.63. The molecule has 1 aliphatic rings. The highest BCUT2D eigenvalue weighted by molar-refractivity contribution is 7.80. The van der Waals surface area contributed by atoms with Crippen molar-refractivity contribution in [3.63, 3.8) is 0 Å². The van der Waals surface area contributed by atoms with Crippen LogP contribution >= 0.6 is 12.2 Å². The van der Waals surface area contributed by atoms with Crippen molar-refractivity contribution in [3.8, 4) is 0 Å². The van der Waals surface area contributed by atoms with Crippen LogP contribution < -0.4 is 16.0 Å². The van der Waals surface area contributed by atoms with E-state index in [1.54, 1.807) is 11.8 Å². The number of nitrogens with zero attached hydrogens (tertiary/aromatic N) is 1. The van der Waals surface area contributed by atoms with Gasteiger partial charge in [-0.3, -0.25) is 4.79 Å². The van der Waals surface area contributed by atoms with E-state index >= 15 is 0 Å². The Morgan fingerprint density at radius 3 is 2.94 bits per heavy atom. The SMILES string of the molecule is CC(=O)N1CCc2ccc(NC(N)=S)cc21. The predicted octanol–water partition coefficient (Wildman–Crippen LogP) is 1.25. The first-order valence-corrected chi connectivity index (χ1v) is 5.46. The van der Waals surface area contributed by atoms with Crippen molar-refractivity contribution in [2.75, 3.05) is 16.8 Å². The zero-order valence-corrected chi connectivity index (χ0v) is 9.80. The molecule has 0 atom stereocenters. The molecule has 5 heteroatoms. The van der Waals surface area contributed by atoms with Crippen LogP contribution in [0.3, 0.4) is 0 Å². The van der Waals surface area contributed by atoms with Gasteiger partial charge in [0.15, 0.2) is 5.11 Å². The first kappa shape index (κ1) is 10.9. The zero-order chi connectivity index (χ0) is 11.7. The van der Waals surface area contributed by atoms with Crippen molar-refractivity contribution >= 4 is 34.6 Å². The molecule has 16 heavy (non-hydrogen) atoms. The molecule has 0 saturated carbocycles. The first-order valence-electron chi connectivity index (χ1n) is 5.05. The second-order valence-corrected chi connectivity index (χ2v) is 4.19. The number of anilines is 2. The quantitative estimate of drug-likeness (QED) is 0.719. The standard InChI is InChI=1S/C11H13N3OS/c1-7(15)14-5-4-8-2-3-9(6-10(8)14)13-11(12)16/h2-3,6H,4-5H2,1H3,(H3,12,13,16). The lowest BCUT2D eigenvalue weighted by Gasteiger charge is -2.15. The molecule has 0 bridgehead atoms. The highest BCUT2D eigenvalue weighted by atomic mass is 32.1. The predicted molar refractivity (Wildman–Crippen MR) is 68.6 cm³/mol. The van der Waals surface area contributed by atoms with E-state index in [4.69, 9.17) is 18.0 Å². The molecule has 0 aromatic heterocycles. The average Bonchev–Trinajstić information content (AvgIpc) is 2.59. The molecule has 0 aliphatic carbocycles. The summed E-state index contributed by atoms with van der Waals surface area (Å²) in [7, 11) is 0. The van der Waals surface area contributed by atoms with Gasteiger partial charge in [0.1, 0.15) is 0 Å². The van der Waals surface area contributed by atoms with Crippen LogP contribution in [0.25, 0.3) is 0 Å². The fraction of sp³-hybridized carbons (Fsp3) is 0.273. The van der Waals surface area contributed by atoms with Crippen molar-refractivity contribution in [1.29, 1.82) is 0 Å². The molecule has 1 aliphatic heterocycles. The van der Waals surface area contributed by atoms with E-state index in [1.807, 2.05) is 18.2 Å². The van der Waals surface area contributed by atoms with Gasteiger partial charge in [0, 0.05) is 24.8 Å². The first-order chi connectivity index (χ1) is 7.58. The summed E-state index contributed by atoms with van der Waals surface area (Å²) in [6, 6.07) is 5.82. The molecule has 4 nitrogen and oxygen atoms in total. The third-order valence-corrected chi connectivity index (χ3v) is 2.73. The number of carbonyl (C=O) groups excluding carboxylic acids is 1. The van der Waals surface area contributed by atoms with Gasteiger partial charge < -0.3 is 16.0 Å². The largest absolute Gasteiger partial charge is 0.376 e. The number of amides is 1. The highest BCUT2D eigenvalue weighted by Gasteiger charge is 2.22. The molecule has 0 fully saturated rings. The zero-order valence-electron chi connectivity index (χ0n) is 8.99. The van der Waals surface area contributed by atoms with E-state index in [-0.39, 0.29) is 11.0 Å². The van der Waals surface area contributed by atoms with Gasteiger partial charge in [-0.25, -0.2) is 0 Å². The number of benzene rings is 1. The Hall–Kier alpha value is -1.62. The average molecular weight is 235 g/mol. The Morgan fingerprint density at radius 2 is 2.31 bits per heavy atom. The van der Waals surface area contributed by atoms with Crippen LogP contribution in [0.5, 0.6) is 0 Å². The fourth-order valence-electron chi connectivity index (χ4n) is 1.93. The highest BCUT2D eigenvalue weighted by Crippen LogP contribution is 2.30. The molecule has 1 amide bonds. The van der Waals surface area contributed by atoms with E-state index in [0.717, 1.165) is 24.3 Å². The van der Waals surface area contributed by atoms with Crippen molar-refractivity contribution in [1.82, 2.24) is 0 Å². The van der Waals surface area contributed by atoms with E-state index < -0.39 is 0 Å². The third kappa shape index (κ3) is 1.99. The van der Waals surface area contributed by atoms with E-state index in [0.29, 0.717) is 0 Å². The number of hydrogen-bond donors (Lipinski definition) is 2. The summed E-state index contributed by atoms with van der Waals surface area (Å²) in [6.45, 7) is 2.32. The summed E-state index contributed by atoms with van der Waals surface area (Å²) < 4.78 is 0. The number of carbonyl (C=O) groups is 1. The van der Waals surface area contributed by atoms with Crippen LogP contribution in [0, 0.1) is 0 Å². The van der Waals surface area contributed by atoms with Crippen LogP contribution in [0.15, 0.2) is 18.2 Å². The number of nitrogens with two attached hydrogens (primary N) is 1. The Bertz CT molecular complexity index is 459. The lowest BCUT2D eigenvalue weighted by Crippen LogP contribution is -2.26. The molecule has 1 aromatic carbocycles. The summed E-state index contributed by atoms with van der Waals surface area (Å²) in [5.74, 6) is 0.0613. The van der Waals surface area contributed by atoms with Crippen LogP contribution in [0.1, 0.15) is 12.5 Å². The van der Waals surface area contributed by atoms with E-state index in [2.05, 4.69) is 5.32 Å². The Labute approximate surface area is 99.4 Å². The van der Waals surface area contributed by atoms with Gasteiger partial charge in [0.25, 0.3) is 0 Å². The summed E-state index contributed by atoms with van der Waals surface area (Å²) in [5.41, 5.74) is 8.36. The van der Waals surface area contributed by atoms with Gasteiger partial charge in [-0.2, -0.15) is 0 Å². The van der Waals surface area contributed by atoms with Crippen LogP contribution in [-0.2, 0) is 11.2 Å². The molecule has 3 N–H and O–H groups in total. The van der Waals surface area contributed by atoms with Gasteiger partial charge in [-0.15, -0.1) is 0 Å². The topological polar surface area (TPSA) is 58.4 Å². The molecule has 0 saturated heterocycles. The molecule has 2 rings (SSSR count). The van der Waals surface area contributed by atoms with Gasteiger partial charge in [-0.05, 0) is 36.3 Å². The molecule has 1 heterocycles. The maximum atomic E-state index is 11.4. The lowest BCUT2D eigenvalue weighted by molar-refractivity contribution is -0.116. The summed E-state index contributed by atoms with van der Waals surface area (Å²) in [6.07, 6.45) is 0.905. The minimum Gasteiger partial charge on any atom is -0.376 e. The van der Waals surface area contributed by atoms with E-state index in [1.165, 1.54) is 5.56 Å². The Balaban J connectivity index is 2.33. The molecule has 1 aromatic rings. The molecule has 0 radical (unpaired) electrons. The van der Waals surface area contributed by atoms with Crippen LogP contribution in [-0.4, -0.2) is 17.6 Å². The van der Waals surface area contributed by atoms with Crippen molar-refractivity contribution in [2.45, 2.75) is 13.3 Å². The Morgan fingerprint density at radius 1 is 1.56 bits per heavy atom. The van der Waals surface area contributed by atoms with Crippen molar-refractivity contribution < 1.29 is 4.79 Å². The summed E-state index contributed by atoms with van der Waals surface area (Å²) in [5, 5.41) is 3.09. The van der Waals surface area contributed by atoms with Crippen LogP contribution in [0.4, 0.5) is 11.4 Å². The van der Waals surface area contributed by atoms with E-state index in [9.17, 15) is 4.79 Å². The summed E-state index contributed by atoms with van der Waals surface area (Å²) in [4.78, 5) is 13.2. The smallest absolute Gasteiger partial charge is 0.223 e. The summed E-state index contributed by atoms with van der Waals surface area (Å²) >= 11 is 4.77. The molecule has 0 spiro atoms. The number of fused-ring (bicyclic) bond motifs is 1.